The van der Waals surface area contributed by atoms with E-state index in [2.05, 4.69) is 13.8 Å². The van der Waals surface area contributed by atoms with Gasteiger partial charge in [0.2, 0.25) is 0 Å². The molecule has 0 spiro atoms. The molecule has 0 heterocycles. The van der Waals surface area contributed by atoms with Crippen LogP contribution >= 0.6 is 11.8 Å². The minimum Gasteiger partial charge on any atom is -0.550 e. The van der Waals surface area contributed by atoms with Gasteiger partial charge >= 0.3 is 0 Å². The lowest BCUT2D eigenvalue weighted by Crippen LogP contribution is -2.24. The SMILES string of the molecule is CC(C)c1ccc(Sc2cc(F)ccc2CC(=O)[O-])cc1. The number of carboxylic acid groups (broad SMARTS) is 1. The molecule has 0 amide bonds. The zero-order chi connectivity index (χ0) is 15.4. The summed E-state index contributed by atoms with van der Waals surface area (Å²) in [7, 11) is 0. The maximum atomic E-state index is 13.4. The molecule has 2 aromatic carbocycles. The third kappa shape index (κ3) is 4.33. The highest BCUT2D eigenvalue weighted by Gasteiger charge is 2.07. The average molecular weight is 303 g/mol. The Kier molecular flexibility index (Phi) is 5.02. The molecule has 110 valence electrons. The number of carboxylic acids is 1. The lowest BCUT2D eigenvalue weighted by molar-refractivity contribution is -0.304. The highest BCUT2D eigenvalue weighted by atomic mass is 32.2. The summed E-state index contributed by atoms with van der Waals surface area (Å²) in [5.41, 5.74) is 1.79. The Hall–Kier alpha value is -1.81. The number of halogens is 1. The molecule has 0 bridgehead atoms. The molecule has 0 aliphatic heterocycles. The van der Waals surface area contributed by atoms with Crippen molar-refractivity contribution in [1.82, 2.24) is 0 Å². The van der Waals surface area contributed by atoms with Gasteiger partial charge in [-0.3, -0.25) is 0 Å². The van der Waals surface area contributed by atoms with Crippen molar-refractivity contribution >= 4 is 17.7 Å². The highest BCUT2D eigenvalue weighted by Crippen LogP contribution is 2.32. The number of rotatable bonds is 5. The normalized spacial score (nSPS) is 10.9. The molecule has 2 nitrogen and oxygen atoms in total. The molecule has 0 aliphatic rings. The standard InChI is InChI=1S/C17H17FO2S/c1-11(2)12-4-7-15(8-5-12)21-16-10-14(18)6-3-13(16)9-17(19)20/h3-8,10-11H,9H2,1-2H3,(H,19,20)/p-1. The molecule has 4 heteroatoms. The van der Waals surface area contributed by atoms with Gasteiger partial charge in [-0.2, -0.15) is 0 Å². The second kappa shape index (κ2) is 6.76. The van der Waals surface area contributed by atoms with Crippen molar-refractivity contribution in [2.75, 3.05) is 0 Å². The van der Waals surface area contributed by atoms with E-state index in [1.54, 1.807) is 0 Å². The average Bonchev–Trinajstić information content (AvgIpc) is 2.42. The van der Waals surface area contributed by atoms with Crippen molar-refractivity contribution in [2.24, 2.45) is 0 Å². The van der Waals surface area contributed by atoms with E-state index in [4.69, 9.17) is 0 Å². The first-order valence-electron chi connectivity index (χ1n) is 6.72. The molecule has 0 N–H and O–H groups in total. The van der Waals surface area contributed by atoms with Gasteiger partial charge in [-0.25, -0.2) is 4.39 Å². The molecule has 0 unspecified atom stereocenters. The van der Waals surface area contributed by atoms with Gasteiger partial charge in [-0.15, -0.1) is 0 Å². The van der Waals surface area contributed by atoms with E-state index in [1.165, 1.54) is 35.5 Å². The Morgan fingerprint density at radius 2 is 1.86 bits per heavy atom. The number of hydrogen-bond donors (Lipinski definition) is 0. The quantitative estimate of drug-likeness (QED) is 0.850. The molecule has 0 fully saturated rings. The van der Waals surface area contributed by atoms with Gasteiger partial charge in [0.15, 0.2) is 0 Å². The highest BCUT2D eigenvalue weighted by molar-refractivity contribution is 7.99. The third-order valence-electron chi connectivity index (χ3n) is 3.14. The molecule has 0 saturated heterocycles. The van der Waals surface area contributed by atoms with Crippen LogP contribution in [0.5, 0.6) is 0 Å². The zero-order valence-corrected chi connectivity index (χ0v) is 12.7. The van der Waals surface area contributed by atoms with Crippen LogP contribution in [-0.2, 0) is 11.2 Å². The summed E-state index contributed by atoms with van der Waals surface area (Å²) in [4.78, 5) is 12.3. The first kappa shape index (κ1) is 15.6. The first-order valence-corrected chi connectivity index (χ1v) is 7.53. The van der Waals surface area contributed by atoms with Crippen molar-refractivity contribution in [3.8, 4) is 0 Å². The number of benzene rings is 2. The van der Waals surface area contributed by atoms with Gasteiger partial charge in [0.25, 0.3) is 0 Å². The summed E-state index contributed by atoms with van der Waals surface area (Å²) >= 11 is 1.36. The Morgan fingerprint density at radius 3 is 2.43 bits per heavy atom. The van der Waals surface area contributed by atoms with E-state index in [9.17, 15) is 14.3 Å². The maximum Gasteiger partial charge on any atom is 0.124 e. The second-order valence-electron chi connectivity index (χ2n) is 5.13. The number of carbonyl (C=O) groups excluding carboxylic acids is 1. The van der Waals surface area contributed by atoms with E-state index in [0.717, 1.165) is 4.90 Å². The summed E-state index contributed by atoms with van der Waals surface area (Å²) in [5, 5.41) is 10.8. The van der Waals surface area contributed by atoms with Crippen LogP contribution in [0.25, 0.3) is 0 Å². The van der Waals surface area contributed by atoms with Crippen molar-refractivity contribution < 1.29 is 14.3 Å². The van der Waals surface area contributed by atoms with E-state index >= 15 is 0 Å². The van der Waals surface area contributed by atoms with Crippen LogP contribution in [0.15, 0.2) is 52.3 Å². The molecule has 0 aliphatic carbocycles. The van der Waals surface area contributed by atoms with Gasteiger partial charge in [0.05, 0.1) is 0 Å². The smallest absolute Gasteiger partial charge is 0.124 e. The van der Waals surface area contributed by atoms with Crippen LogP contribution < -0.4 is 5.11 Å². The van der Waals surface area contributed by atoms with Crippen LogP contribution in [0.3, 0.4) is 0 Å². The topological polar surface area (TPSA) is 40.1 Å². The maximum absolute atomic E-state index is 13.4. The molecule has 2 rings (SSSR count). The predicted molar refractivity (Wildman–Crippen MR) is 79.8 cm³/mol. The molecule has 0 aromatic heterocycles. The molecule has 0 saturated carbocycles. The van der Waals surface area contributed by atoms with Crippen molar-refractivity contribution in [2.45, 2.75) is 36.0 Å². The molecule has 0 radical (unpaired) electrons. The van der Waals surface area contributed by atoms with Gasteiger partial charge in [-0.1, -0.05) is 43.8 Å². The van der Waals surface area contributed by atoms with Crippen molar-refractivity contribution in [3.63, 3.8) is 0 Å². The van der Waals surface area contributed by atoms with Crippen LogP contribution in [-0.4, -0.2) is 5.97 Å². The van der Waals surface area contributed by atoms with Gasteiger partial charge in [-0.05, 0) is 41.3 Å². The van der Waals surface area contributed by atoms with Crippen LogP contribution in [0, 0.1) is 5.82 Å². The Bertz CT molecular complexity index is 636. The molecule has 2 aromatic rings. The minimum absolute atomic E-state index is 0.216. The number of carbonyl (C=O) groups is 1. The molecular weight excluding hydrogens is 287 g/mol. The summed E-state index contributed by atoms with van der Waals surface area (Å²) < 4.78 is 13.4. The fourth-order valence-corrected chi connectivity index (χ4v) is 2.94. The van der Waals surface area contributed by atoms with Crippen LogP contribution in [0.2, 0.25) is 0 Å². The van der Waals surface area contributed by atoms with Gasteiger partial charge < -0.3 is 9.90 Å². The van der Waals surface area contributed by atoms with E-state index in [-0.39, 0.29) is 12.2 Å². The Morgan fingerprint density at radius 1 is 1.19 bits per heavy atom. The summed E-state index contributed by atoms with van der Waals surface area (Å²) in [6.45, 7) is 4.24. The Labute approximate surface area is 128 Å². The van der Waals surface area contributed by atoms with Crippen LogP contribution in [0.4, 0.5) is 4.39 Å². The van der Waals surface area contributed by atoms with E-state index in [1.807, 2.05) is 24.3 Å². The number of aliphatic carboxylic acids is 1. The summed E-state index contributed by atoms with van der Waals surface area (Å²) in [5.74, 6) is -1.09. The predicted octanol–water partition coefficient (Wildman–Crippen LogP) is 3.39. The van der Waals surface area contributed by atoms with Crippen LogP contribution in [0.1, 0.15) is 30.9 Å². The summed E-state index contributed by atoms with van der Waals surface area (Å²) in [6.07, 6.45) is -0.216. The fraction of sp³-hybridized carbons (Fsp3) is 0.235. The third-order valence-corrected chi connectivity index (χ3v) is 4.25. The van der Waals surface area contributed by atoms with Gasteiger partial charge in [0.1, 0.15) is 5.82 Å². The van der Waals surface area contributed by atoms with Gasteiger partial charge in [0, 0.05) is 22.2 Å². The lowest BCUT2D eigenvalue weighted by Gasteiger charge is -2.11. The number of hydrogen-bond acceptors (Lipinski definition) is 3. The van der Waals surface area contributed by atoms with Crippen molar-refractivity contribution in [3.05, 3.63) is 59.4 Å². The largest absolute Gasteiger partial charge is 0.550 e. The van der Waals surface area contributed by atoms with Crippen molar-refractivity contribution in [1.29, 1.82) is 0 Å². The zero-order valence-electron chi connectivity index (χ0n) is 11.9. The fourth-order valence-electron chi connectivity index (χ4n) is 1.97. The Balaban J connectivity index is 2.25. The minimum atomic E-state index is -1.17. The van der Waals surface area contributed by atoms with E-state index in [0.29, 0.717) is 16.4 Å². The first-order chi connectivity index (χ1) is 9.95. The second-order valence-corrected chi connectivity index (χ2v) is 6.24. The molecule has 0 atom stereocenters. The van der Waals surface area contributed by atoms with E-state index < -0.39 is 5.97 Å². The lowest BCUT2D eigenvalue weighted by atomic mass is 10.0. The monoisotopic (exact) mass is 303 g/mol. The molecule has 21 heavy (non-hydrogen) atoms. The summed E-state index contributed by atoms with van der Waals surface area (Å²) in [6, 6.07) is 12.1. The molecular formula is C17H16FO2S-.